The predicted octanol–water partition coefficient (Wildman–Crippen LogP) is 2.69. The van der Waals surface area contributed by atoms with E-state index in [4.69, 9.17) is 0 Å². The van der Waals surface area contributed by atoms with Crippen LogP contribution in [0, 0.1) is 0 Å². The molecule has 2 aromatic carbocycles. The van der Waals surface area contributed by atoms with Crippen LogP contribution in [0.4, 0.5) is 0 Å². The van der Waals surface area contributed by atoms with Crippen molar-refractivity contribution in [3.05, 3.63) is 71.8 Å². The normalized spacial score (nSPS) is 17.3. The maximum Gasteiger partial charge on any atom is 0.223 e. The molecule has 130 valence electrons. The van der Waals surface area contributed by atoms with Gasteiger partial charge in [0.2, 0.25) is 5.91 Å². The van der Waals surface area contributed by atoms with Crippen molar-refractivity contribution in [1.82, 2.24) is 10.2 Å². The number of hydrogen-bond donors (Lipinski definition) is 1. The van der Waals surface area contributed by atoms with E-state index in [0.717, 1.165) is 19.5 Å². The van der Waals surface area contributed by atoms with Gasteiger partial charge in [-0.3, -0.25) is 9.59 Å². The zero-order chi connectivity index (χ0) is 17.5. The Morgan fingerprint density at radius 1 is 0.960 bits per heavy atom. The van der Waals surface area contributed by atoms with Crippen LogP contribution in [-0.2, 0) is 11.2 Å². The zero-order valence-electron chi connectivity index (χ0n) is 14.4. The Hall–Kier alpha value is -2.46. The molecule has 4 nitrogen and oxygen atoms in total. The second-order valence-corrected chi connectivity index (χ2v) is 6.42. The lowest BCUT2D eigenvalue weighted by molar-refractivity contribution is -0.134. The molecule has 1 N–H and O–H groups in total. The van der Waals surface area contributed by atoms with E-state index in [1.165, 1.54) is 5.56 Å². The molecule has 1 heterocycles. The number of benzene rings is 2. The first-order valence-electron chi connectivity index (χ1n) is 8.86. The summed E-state index contributed by atoms with van der Waals surface area (Å²) in [4.78, 5) is 26.8. The number of ketones is 1. The monoisotopic (exact) mass is 336 g/mol. The molecule has 1 fully saturated rings. The fraction of sp³-hybridized carbons (Fsp3) is 0.333. The number of piperazine rings is 1. The van der Waals surface area contributed by atoms with Crippen molar-refractivity contribution < 1.29 is 9.59 Å². The second-order valence-electron chi connectivity index (χ2n) is 6.42. The minimum atomic E-state index is 0.0312. The Labute approximate surface area is 148 Å². The van der Waals surface area contributed by atoms with E-state index in [1.54, 1.807) is 12.1 Å². The number of carbonyl (C=O) groups excluding carboxylic acids is 2. The molecule has 1 amide bonds. The van der Waals surface area contributed by atoms with Crippen molar-refractivity contribution in [2.75, 3.05) is 19.6 Å². The largest absolute Gasteiger partial charge is 0.337 e. The lowest BCUT2D eigenvalue weighted by atomic mass is 10.0. The van der Waals surface area contributed by atoms with Gasteiger partial charge in [0.1, 0.15) is 0 Å². The highest BCUT2D eigenvalue weighted by molar-refractivity contribution is 5.97. The molecule has 25 heavy (non-hydrogen) atoms. The summed E-state index contributed by atoms with van der Waals surface area (Å²) in [6.45, 7) is 2.31. The summed E-state index contributed by atoms with van der Waals surface area (Å²) in [7, 11) is 0. The van der Waals surface area contributed by atoms with Crippen LogP contribution in [0.1, 0.15) is 28.8 Å². The number of rotatable bonds is 6. The molecule has 0 saturated carbocycles. The second kappa shape index (κ2) is 8.58. The van der Waals surface area contributed by atoms with Gasteiger partial charge in [0.25, 0.3) is 0 Å². The average molecular weight is 336 g/mol. The Kier molecular flexibility index (Phi) is 5.96. The smallest absolute Gasteiger partial charge is 0.223 e. The van der Waals surface area contributed by atoms with Crippen molar-refractivity contribution in [1.29, 1.82) is 0 Å². The Balaban J connectivity index is 1.58. The van der Waals surface area contributed by atoms with Crippen molar-refractivity contribution >= 4 is 11.7 Å². The Morgan fingerprint density at radius 2 is 1.64 bits per heavy atom. The molecule has 1 atom stereocenters. The molecule has 0 spiro atoms. The van der Waals surface area contributed by atoms with E-state index in [2.05, 4.69) is 17.4 Å². The highest BCUT2D eigenvalue weighted by Crippen LogP contribution is 2.14. The van der Waals surface area contributed by atoms with Gasteiger partial charge in [-0.15, -0.1) is 0 Å². The molecule has 0 bridgehead atoms. The summed E-state index contributed by atoms with van der Waals surface area (Å²) in [5.74, 6) is 0.107. The van der Waals surface area contributed by atoms with E-state index < -0.39 is 0 Å². The molecule has 1 aliphatic rings. The molecule has 2 aromatic rings. The van der Waals surface area contributed by atoms with Crippen LogP contribution in [0.5, 0.6) is 0 Å². The fourth-order valence-corrected chi connectivity index (χ4v) is 3.29. The first-order valence-corrected chi connectivity index (χ1v) is 8.86. The van der Waals surface area contributed by atoms with Gasteiger partial charge in [0.15, 0.2) is 5.78 Å². The van der Waals surface area contributed by atoms with Crippen molar-refractivity contribution in [3.8, 4) is 0 Å². The van der Waals surface area contributed by atoms with Crippen LogP contribution in [-0.4, -0.2) is 42.3 Å². The quantitative estimate of drug-likeness (QED) is 0.825. The maximum absolute atomic E-state index is 12.7. The number of nitrogens with one attached hydrogen (secondary N) is 1. The highest BCUT2D eigenvalue weighted by atomic mass is 16.2. The fourth-order valence-electron chi connectivity index (χ4n) is 3.29. The van der Waals surface area contributed by atoms with Gasteiger partial charge in [-0.05, 0) is 12.0 Å². The topological polar surface area (TPSA) is 49.4 Å². The van der Waals surface area contributed by atoms with E-state index in [9.17, 15) is 9.59 Å². The van der Waals surface area contributed by atoms with Crippen LogP contribution in [0.15, 0.2) is 60.7 Å². The SMILES string of the molecule is O=C(CCC(=O)N1CCNC[C@H]1Cc1ccccc1)c1ccccc1. The molecule has 1 aliphatic heterocycles. The molecule has 4 heteroatoms. The van der Waals surface area contributed by atoms with Gasteiger partial charge in [-0.25, -0.2) is 0 Å². The molecular weight excluding hydrogens is 312 g/mol. The lowest BCUT2D eigenvalue weighted by Crippen LogP contribution is -2.54. The summed E-state index contributed by atoms with van der Waals surface area (Å²) in [5, 5.41) is 3.37. The number of nitrogens with zero attached hydrogens (tertiary/aromatic N) is 1. The van der Waals surface area contributed by atoms with Gasteiger partial charge in [0.05, 0.1) is 0 Å². The first-order chi connectivity index (χ1) is 12.2. The maximum atomic E-state index is 12.7. The van der Waals surface area contributed by atoms with Crippen LogP contribution >= 0.6 is 0 Å². The Bertz CT molecular complexity index is 700. The number of amides is 1. The van der Waals surface area contributed by atoms with Crippen molar-refractivity contribution in [2.45, 2.75) is 25.3 Å². The van der Waals surface area contributed by atoms with Crippen LogP contribution < -0.4 is 5.32 Å². The third-order valence-electron chi connectivity index (χ3n) is 4.65. The minimum Gasteiger partial charge on any atom is -0.337 e. The average Bonchev–Trinajstić information content (AvgIpc) is 2.68. The summed E-state index contributed by atoms with van der Waals surface area (Å²) >= 11 is 0. The van der Waals surface area contributed by atoms with Crippen LogP contribution in [0.2, 0.25) is 0 Å². The van der Waals surface area contributed by atoms with Crippen LogP contribution in [0.3, 0.4) is 0 Å². The van der Waals surface area contributed by atoms with Crippen molar-refractivity contribution in [2.24, 2.45) is 0 Å². The van der Waals surface area contributed by atoms with Gasteiger partial charge >= 0.3 is 0 Å². The molecule has 0 unspecified atom stereocenters. The molecule has 3 rings (SSSR count). The minimum absolute atomic E-state index is 0.0312. The van der Waals surface area contributed by atoms with E-state index in [1.807, 2.05) is 41.3 Å². The third-order valence-corrected chi connectivity index (χ3v) is 4.65. The van der Waals surface area contributed by atoms with E-state index >= 15 is 0 Å². The van der Waals surface area contributed by atoms with Crippen LogP contribution in [0.25, 0.3) is 0 Å². The molecule has 0 aromatic heterocycles. The summed E-state index contributed by atoms with van der Waals surface area (Å²) < 4.78 is 0. The first kappa shape index (κ1) is 17.4. The molecule has 0 radical (unpaired) electrons. The van der Waals surface area contributed by atoms with Gasteiger partial charge in [-0.1, -0.05) is 60.7 Å². The van der Waals surface area contributed by atoms with Gasteiger partial charge in [0, 0.05) is 44.1 Å². The zero-order valence-corrected chi connectivity index (χ0v) is 14.4. The number of hydrogen-bond acceptors (Lipinski definition) is 3. The molecule has 0 aliphatic carbocycles. The van der Waals surface area contributed by atoms with Crippen molar-refractivity contribution in [3.63, 3.8) is 0 Å². The summed E-state index contributed by atoms with van der Waals surface area (Å²) in [6, 6.07) is 19.6. The Morgan fingerprint density at radius 3 is 2.36 bits per heavy atom. The summed E-state index contributed by atoms with van der Waals surface area (Å²) in [6.07, 6.45) is 1.38. The number of Topliss-reactive ketones (excluding diaryl/α,β-unsaturated/α-hetero) is 1. The van der Waals surface area contributed by atoms with Gasteiger partial charge < -0.3 is 10.2 Å². The van der Waals surface area contributed by atoms with E-state index in [0.29, 0.717) is 12.1 Å². The molecule has 1 saturated heterocycles. The summed E-state index contributed by atoms with van der Waals surface area (Å²) in [5.41, 5.74) is 1.91. The standard InChI is InChI=1S/C21H24N2O2/c24-20(18-9-5-2-6-10-18)11-12-21(25)23-14-13-22-16-19(23)15-17-7-3-1-4-8-17/h1-10,19,22H,11-16H2/t19-/m1/s1. The lowest BCUT2D eigenvalue weighted by Gasteiger charge is -2.36. The highest BCUT2D eigenvalue weighted by Gasteiger charge is 2.26. The third kappa shape index (κ3) is 4.77. The van der Waals surface area contributed by atoms with E-state index in [-0.39, 0.29) is 30.6 Å². The molecular formula is C21H24N2O2. The number of carbonyl (C=O) groups is 2. The predicted molar refractivity (Wildman–Crippen MR) is 98.5 cm³/mol. The van der Waals surface area contributed by atoms with Gasteiger partial charge in [-0.2, -0.15) is 0 Å².